The Kier molecular flexibility index (Phi) is 4.24. The molecule has 1 aromatic carbocycles. The molecule has 0 N–H and O–H groups in total. The number of rotatable bonds is 3. The molecule has 0 spiro atoms. The summed E-state index contributed by atoms with van der Waals surface area (Å²) in [7, 11) is 0. The van der Waals surface area contributed by atoms with E-state index in [4.69, 9.17) is 4.74 Å². The topological polar surface area (TPSA) is 69.4 Å². The first kappa shape index (κ1) is 17.2. The second-order valence-corrected chi connectivity index (χ2v) is 7.45. The van der Waals surface area contributed by atoms with E-state index in [0.717, 1.165) is 24.9 Å². The van der Waals surface area contributed by atoms with Gasteiger partial charge < -0.3 is 14.2 Å². The molecule has 0 radical (unpaired) electrons. The molecular weight excluding hydrogens is 356 g/mol. The Hall–Kier alpha value is -2.93. The number of pyridine rings is 1. The summed E-state index contributed by atoms with van der Waals surface area (Å²) in [6.07, 6.45) is 6.88. The van der Waals surface area contributed by atoms with Crippen molar-refractivity contribution >= 4 is 16.8 Å². The van der Waals surface area contributed by atoms with Gasteiger partial charge in [-0.1, -0.05) is 12.1 Å². The Labute approximate surface area is 162 Å². The molecule has 2 aliphatic heterocycles. The van der Waals surface area contributed by atoms with E-state index in [0.29, 0.717) is 31.6 Å². The van der Waals surface area contributed by atoms with Crippen molar-refractivity contribution < 1.29 is 9.53 Å². The molecule has 0 unspecified atom stereocenters. The van der Waals surface area contributed by atoms with Gasteiger partial charge in [0.15, 0.2) is 0 Å². The molecular formula is C21H22N4O3. The van der Waals surface area contributed by atoms with Crippen molar-refractivity contribution in [1.82, 2.24) is 19.2 Å². The number of carbonyl (C=O) groups is 1. The third kappa shape index (κ3) is 2.92. The molecule has 5 rings (SSSR count). The molecule has 1 amide bonds. The number of benzene rings is 1. The number of carbonyl (C=O) groups excluding carboxylic acids is 1. The first-order valence-corrected chi connectivity index (χ1v) is 9.74. The van der Waals surface area contributed by atoms with Crippen LogP contribution in [-0.2, 0) is 24.2 Å². The van der Waals surface area contributed by atoms with Gasteiger partial charge in [-0.25, -0.2) is 0 Å². The van der Waals surface area contributed by atoms with E-state index >= 15 is 0 Å². The molecule has 144 valence electrons. The van der Waals surface area contributed by atoms with Crippen molar-refractivity contribution in [2.24, 2.45) is 0 Å². The maximum absolute atomic E-state index is 13.3. The van der Waals surface area contributed by atoms with Crippen molar-refractivity contribution in [3.63, 3.8) is 0 Å². The van der Waals surface area contributed by atoms with Gasteiger partial charge >= 0.3 is 0 Å². The summed E-state index contributed by atoms with van der Waals surface area (Å²) in [6.45, 7) is 3.03. The van der Waals surface area contributed by atoms with E-state index in [9.17, 15) is 9.59 Å². The van der Waals surface area contributed by atoms with E-state index < -0.39 is 0 Å². The van der Waals surface area contributed by atoms with Gasteiger partial charge in [-0.3, -0.25) is 14.3 Å². The molecule has 2 aliphatic rings. The lowest BCUT2D eigenvalue weighted by Crippen LogP contribution is -2.40. The summed E-state index contributed by atoms with van der Waals surface area (Å²) in [5.41, 5.74) is 2.23. The Bertz CT molecular complexity index is 1090. The van der Waals surface area contributed by atoms with Gasteiger partial charge in [0, 0.05) is 50.2 Å². The highest BCUT2D eigenvalue weighted by Crippen LogP contribution is 2.24. The summed E-state index contributed by atoms with van der Waals surface area (Å²) in [6, 6.07) is 7.65. The predicted octanol–water partition coefficient (Wildman–Crippen LogP) is 1.69. The standard InChI is InChI=1S/C21H22N4O3/c26-20-17-5-1-4-15-6-10-23(19(15)17)14-18(20)21(27)24-8-3-11-28-16(12-24)13-25-9-2-7-22-25/h1-2,4-5,7,9,14,16H,3,6,8,10-13H2/t16-/m0/s1. The van der Waals surface area contributed by atoms with E-state index in [1.807, 2.05) is 29.1 Å². The highest BCUT2D eigenvalue weighted by molar-refractivity contribution is 5.98. The number of hydrogen-bond donors (Lipinski definition) is 0. The molecule has 4 heterocycles. The zero-order valence-electron chi connectivity index (χ0n) is 15.6. The summed E-state index contributed by atoms with van der Waals surface area (Å²) in [5.74, 6) is -0.205. The molecule has 28 heavy (non-hydrogen) atoms. The first-order valence-electron chi connectivity index (χ1n) is 9.74. The third-order valence-corrected chi connectivity index (χ3v) is 5.62. The van der Waals surface area contributed by atoms with Crippen LogP contribution < -0.4 is 5.43 Å². The highest BCUT2D eigenvalue weighted by Gasteiger charge is 2.27. The van der Waals surface area contributed by atoms with Crippen LogP contribution in [0.3, 0.4) is 0 Å². The number of hydrogen-bond acceptors (Lipinski definition) is 4. The van der Waals surface area contributed by atoms with Crippen LogP contribution in [0.15, 0.2) is 47.7 Å². The normalized spacial score (nSPS) is 19.1. The monoisotopic (exact) mass is 378 g/mol. The van der Waals surface area contributed by atoms with Crippen LogP contribution in [0.2, 0.25) is 0 Å². The van der Waals surface area contributed by atoms with E-state index in [-0.39, 0.29) is 23.0 Å². The van der Waals surface area contributed by atoms with Crippen LogP contribution in [0.5, 0.6) is 0 Å². The number of aromatic nitrogens is 3. The largest absolute Gasteiger partial charge is 0.374 e. The number of ether oxygens (including phenoxy) is 1. The van der Waals surface area contributed by atoms with E-state index in [1.165, 1.54) is 5.56 Å². The highest BCUT2D eigenvalue weighted by atomic mass is 16.5. The maximum atomic E-state index is 13.3. The van der Waals surface area contributed by atoms with Crippen LogP contribution in [0.1, 0.15) is 22.3 Å². The second-order valence-electron chi connectivity index (χ2n) is 7.45. The van der Waals surface area contributed by atoms with Crippen LogP contribution in [-0.4, -0.2) is 51.0 Å². The molecule has 1 atom stereocenters. The van der Waals surface area contributed by atoms with Crippen molar-refractivity contribution in [2.75, 3.05) is 19.7 Å². The quantitative estimate of drug-likeness (QED) is 0.695. The molecule has 0 bridgehead atoms. The van der Waals surface area contributed by atoms with Gasteiger partial charge in [0.05, 0.1) is 18.2 Å². The molecule has 0 aliphatic carbocycles. The Balaban J connectivity index is 1.46. The fourth-order valence-electron chi connectivity index (χ4n) is 4.29. The predicted molar refractivity (Wildman–Crippen MR) is 104 cm³/mol. The molecule has 1 saturated heterocycles. The van der Waals surface area contributed by atoms with Gasteiger partial charge in [-0.15, -0.1) is 0 Å². The van der Waals surface area contributed by atoms with Gasteiger partial charge in [0.2, 0.25) is 5.43 Å². The van der Waals surface area contributed by atoms with Gasteiger partial charge in [0.1, 0.15) is 5.56 Å². The molecule has 2 aromatic heterocycles. The Morgan fingerprint density at radius 2 is 2.18 bits per heavy atom. The lowest BCUT2D eigenvalue weighted by molar-refractivity contribution is 0.0367. The average Bonchev–Trinajstić information content (AvgIpc) is 3.30. The number of para-hydroxylation sites is 1. The fourth-order valence-corrected chi connectivity index (χ4v) is 4.29. The maximum Gasteiger partial charge on any atom is 0.259 e. The molecule has 7 nitrogen and oxygen atoms in total. The summed E-state index contributed by atoms with van der Waals surface area (Å²) < 4.78 is 9.77. The zero-order chi connectivity index (χ0) is 19.1. The minimum Gasteiger partial charge on any atom is -0.374 e. The number of amides is 1. The summed E-state index contributed by atoms with van der Waals surface area (Å²) in [4.78, 5) is 28.1. The van der Waals surface area contributed by atoms with Crippen LogP contribution in [0.25, 0.3) is 10.9 Å². The smallest absolute Gasteiger partial charge is 0.259 e. The SMILES string of the molecule is O=C(c1cn2c3c(cccc3c1=O)CC2)N1CCCO[C@H](Cn2cccn2)C1. The van der Waals surface area contributed by atoms with E-state index in [1.54, 1.807) is 17.3 Å². The van der Waals surface area contributed by atoms with Crippen molar-refractivity contribution in [1.29, 1.82) is 0 Å². The Morgan fingerprint density at radius 1 is 1.25 bits per heavy atom. The summed E-state index contributed by atoms with van der Waals surface area (Å²) >= 11 is 0. The van der Waals surface area contributed by atoms with Gasteiger partial charge in [0.25, 0.3) is 5.91 Å². The van der Waals surface area contributed by atoms with E-state index in [2.05, 4.69) is 15.7 Å². The first-order chi connectivity index (χ1) is 13.7. The molecule has 3 aromatic rings. The lowest BCUT2D eigenvalue weighted by Gasteiger charge is -2.24. The number of nitrogens with zero attached hydrogens (tertiary/aromatic N) is 4. The van der Waals surface area contributed by atoms with Crippen LogP contribution in [0, 0.1) is 0 Å². The van der Waals surface area contributed by atoms with Crippen molar-refractivity contribution in [3.8, 4) is 0 Å². The lowest BCUT2D eigenvalue weighted by atomic mass is 10.1. The zero-order valence-corrected chi connectivity index (χ0v) is 15.6. The van der Waals surface area contributed by atoms with Crippen molar-refractivity contribution in [3.05, 3.63) is 64.2 Å². The Morgan fingerprint density at radius 3 is 3.04 bits per heavy atom. The number of aryl methyl sites for hydroxylation is 2. The fraction of sp³-hybridized carbons (Fsp3) is 0.381. The minimum absolute atomic E-state index is 0.142. The van der Waals surface area contributed by atoms with Gasteiger partial charge in [-0.05, 0) is 30.5 Å². The van der Waals surface area contributed by atoms with Crippen LogP contribution in [0.4, 0.5) is 0 Å². The minimum atomic E-state index is -0.205. The van der Waals surface area contributed by atoms with Crippen LogP contribution >= 0.6 is 0 Å². The van der Waals surface area contributed by atoms with Crippen molar-refractivity contribution in [2.45, 2.75) is 32.0 Å². The van der Waals surface area contributed by atoms with Gasteiger partial charge in [-0.2, -0.15) is 5.10 Å². The summed E-state index contributed by atoms with van der Waals surface area (Å²) in [5, 5.41) is 4.86. The third-order valence-electron chi connectivity index (χ3n) is 5.62. The average molecular weight is 378 g/mol. The second kappa shape index (κ2) is 6.91. The molecule has 1 fully saturated rings. The molecule has 0 saturated carbocycles. The molecule has 7 heteroatoms.